The number of halogens is 2. The Morgan fingerprint density at radius 3 is 2.71 bits per heavy atom. The maximum absolute atomic E-state index is 14.4. The number of nitrogens with zero attached hydrogens (tertiary/aromatic N) is 2. The van der Waals surface area contributed by atoms with Crippen molar-refractivity contribution >= 4 is 5.91 Å². The van der Waals surface area contributed by atoms with Crippen molar-refractivity contribution in [1.82, 2.24) is 15.1 Å². The van der Waals surface area contributed by atoms with Crippen LogP contribution in [0.5, 0.6) is 0 Å². The standard InChI is InChI=1S/C29H37F2N3O4/c30-22-6-8-26(31)21(12-22)15-34-17-24(35)18-37-19-28-27(34)9-7-25(38-28)13-29(36)32-23-10-11-33(16-23)14-20-4-2-1-3-5-20/h1-6,8,12,23-25,27-28,35H,7,9-11,13-19H2,(H,32,36)/t23-,24-,25+,27+,28-/m0/s1. The number of ether oxygens (including phenoxy) is 2. The largest absolute Gasteiger partial charge is 0.389 e. The zero-order valence-electron chi connectivity index (χ0n) is 21.6. The number of likely N-dealkylation sites (tertiary alicyclic amines) is 1. The van der Waals surface area contributed by atoms with Crippen molar-refractivity contribution in [3.8, 4) is 0 Å². The molecule has 38 heavy (non-hydrogen) atoms. The minimum atomic E-state index is -0.732. The summed E-state index contributed by atoms with van der Waals surface area (Å²) in [5.41, 5.74) is 1.52. The Morgan fingerprint density at radius 1 is 1.03 bits per heavy atom. The molecule has 3 heterocycles. The predicted molar refractivity (Wildman–Crippen MR) is 138 cm³/mol. The number of carbonyl (C=O) groups excluding carboxylic acids is 1. The summed E-state index contributed by atoms with van der Waals surface area (Å²) < 4.78 is 40.2. The second-order valence-corrected chi connectivity index (χ2v) is 10.8. The highest BCUT2D eigenvalue weighted by Crippen LogP contribution is 2.29. The second-order valence-electron chi connectivity index (χ2n) is 10.8. The zero-order chi connectivity index (χ0) is 26.5. The van der Waals surface area contributed by atoms with Crippen molar-refractivity contribution in [2.24, 2.45) is 0 Å². The third-order valence-electron chi connectivity index (χ3n) is 7.77. The van der Waals surface area contributed by atoms with Crippen LogP contribution in [0, 0.1) is 11.6 Å². The van der Waals surface area contributed by atoms with Gasteiger partial charge in [-0.15, -0.1) is 0 Å². The van der Waals surface area contributed by atoms with E-state index in [1.54, 1.807) is 0 Å². The number of hydrogen-bond acceptors (Lipinski definition) is 6. The highest BCUT2D eigenvalue weighted by Gasteiger charge is 2.38. The van der Waals surface area contributed by atoms with Crippen LogP contribution < -0.4 is 5.32 Å². The third kappa shape index (κ3) is 7.15. The Kier molecular flexibility index (Phi) is 9.01. The number of rotatable bonds is 7. The van der Waals surface area contributed by atoms with Crippen LogP contribution >= 0.6 is 0 Å². The van der Waals surface area contributed by atoms with E-state index in [-0.39, 0.29) is 68.5 Å². The molecular formula is C29H37F2N3O4. The molecule has 0 radical (unpaired) electrons. The van der Waals surface area contributed by atoms with Crippen molar-refractivity contribution < 1.29 is 28.2 Å². The molecule has 5 rings (SSSR count). The fourth-order valence-electron chi connectivity index (χ4n) is 5.94. The molecule has 0 saturated carbocycles. The van der Waals surface area contributed by atoms with E-state index in [0.29, 0.717) is 12.8 Å². The Morgan fingerprint density at radius 2 is 1.87 bits per heavy atom. The number of carbonyl (C=O) groups is 1. The average molecular weight is 530 g/mol. The number of nitrogens with one attached hydrogen (secondary N) is 1. The van der Waals surface area contributed by atoms with E-state index >= 15 is 0 Å². The van der Waals surface area contributed by atoms with Gasteiger partial charge in [-0.25, -0.2) is 8.78 Å². The smallest absolute Gasteiger partial charge is 0.222 e. The first-order valence-electron chi connectivity index (χ1n) is 13.6. The van der Waals surface area contributed by atoms with Gasteiger partial charge in [-0.1, -0.05) is 30.3 Å². The molecule has 206 valence electrons. The number of β-amino-alcohol motifs (C(OH)–C–C–N with tert-alkyl or cyclic N) is 1. The first-order valence-corrected chi connectivity index (χ1v) is 13.6. The molecule has 9 heteroatoms. The van der Waals surface area contributed by atoms with Gasteiger partial charge >= 0.3 is 0 Å². The van der Waals surface area contributed by atoms with Crippen molar-refractivity contribution in [3.05, 3.63) is 71.3 Å². The summed E-state index contributed by atoms with van der Waals surface area (Å²) in [4.78, 5) is 17.2. The van der Waals surface area contributed by atoms with E-state index in [1.165, 1.54) is 11.6 Å². The highest BCUT2D eigenvalue weighted by atomic mass is 19.1. The highest BCUT2D eigenvalue weighted by molar-refractivity contribution is 5.76. The van der Waals surface area contributed by atoms with Gasteiger partial charge in [-0.05, 0) is 43.0 Å². The Hall–Kier alpha value is -2.43. The van der Waals surface area contributed by atoms with E-state index in [9.17, 15) is 18.7 Å². The lowest BCUT2D eigenvalue weighted by molar-refractivity contribution is -0.158. The fourth-order valence-corrected chi connectivity index (χ4v) is 5.94. The molecule has 0 spiro atoms. The lowest BCUT2D eigenvalue weighted by atomic mass is 9.94. The summed E-state index contributed by atoms with van der Waals surface area (Å²) in [6.45, 7) is 3.52. The molecule has 2 N–H and O–H groups in total. The van der Waals surface area contributed by atoms with Gasteiger partial charge in [0.15, 0.2) is 0 Å². The Balaban J connectivity index is 1.14. The third-order valence-corrected chi connectivity index (χ3v) is 7.77. The molecule has 0 unspecified atom stereocenters. The number of amides is 1. The summed E-state index contributed by atoms with van der Waals surface area (Å²) in [5, 5.41) is 13.5. The molecule has 5 atom stereocenters. The van der Waals surface area contributed by atoms with Crippen LogP contribution in [0.3, 0.4) is 0 Å². The molecule has 0 bridgehead atoms. The Bertz CT molecular complexity index is 1080. The van der Waals surface area contributed by atoms with Crippen LogP contribution in [0.25, 0.3) is 0 Å². The monoisotopic (exact) mass is 529 g/mol. The summed E-state index contributed by atoms with van der Waals surface area (Å²) in [6, 6.07) is 13.8. The maximum atomic E-state index is 14.4. The van der Waals surface area contributed by atoms with E-state index in [2.05, 4.69) is 22.3 Å². The summed E-state index contributed by atoms with van der Waals surface area (Å²) in [5.74, 6) is -0.984. The molecule has 3 aliphatic heterocycles. The first-order chi connectivity index (χ1) is 18.4. The number of fused-ring (bicyclic) bond motifs is 1. The van der Waals surface area contributed by atoms with Gasteiger partial charge in [0.25, 0.3) is 0 Å². The normalized spacial score (nSPS) is 28.9. The van der Waals surface area contributed by atoms with Gasteiger partial charge in [0.1, 0.15) is 11.6 Å². The topological polar surface area (TPSA) is 74.3 Å². The summed E-state index contributed by atoms with van der Waals surface area (Å²) >= 11 is 0. The molecular weight excluding hydrogens is 492 g/mol. The van der Waals surface area contributed by atoms with E-state index in [1.807, 2.05) is 23.1 Å². The van der Waals surface area contributed by atoms with Crippen molar-refractivity contribution in [3.63, 3.8) is 0 Å². The second kappa shape index (κ2) is 12.6. The van der Waals surface area contributed by atoms with Gasteiger partial charge < -0.3 is 19.9 Å². The lowest BCUT2D eigenvalue weighted by Gasteiger charge is -2.44. The molecule has 2 aromatic carbocycles. The fraction of sp³-hybridized carbons (Fsp3) is 0.552. The predicted octanol–water partition coefficient (Wildman–Crippen LogP) is 2.85. The van der Waals surface area contributed by atoms with Crippen molar-refractivity contribution in [2.45, 2.75) is 69.2 Å². The number of aliphatic hydroxyl groups excluding tert-OH is 1. The van der Waals surface area contributed by atoms with Crippen LogP contribution in [-0.2, 0) is 27.4 Å². The van der Waals surface area contributed by atoms with Crippen LogP contribution in [0.1, 0.15) is 36.8 Å². The van der Waals surface area contributed by atoms with Gasteiger partial charge in [0.2, 0.25) is 5.91 Å². The maximum Gasteiger partial charge on any atom is 0.222 e. The molecule has 3 aliphatic rings. The number of aliphatic hydroxyl groups is 1. The van der Waals surface area contributed by atoms with Crippen LogP contribution in [0.2, 0.25) is 0 Å². The van der Waals surface area contributed by atoms with E-state index < -0.39 is 17.7 Å². The molecule has 0 aliphatic carbocycles. The lowest BCUT2D eigenvalue weighted by Crippen LogP contribution is -2.55. The van der Waals surface area contributed by atoms with Gasteiger partial charge in [-0.2, -0.15) is 0 Å². The average Bonchev–Trinajstić information content (AvgIpc) is 3.32. The minimum Gasteiger partial charge on any atom is -0.389 e. The van der Waals surface area contributed by atoms with Crippen LogP contribution in [0.4, 0.5) is 8.78 Å². The quantitative estimate of drug-likeness (QED) is 0.575. The van der Waals surface area contributed by atoms with Gasteiger partial charge in [-0.3, -0.25) is 14.6 Å². The zero-order valence-corrected chi connectivity index (χ0v) is 21.6. The molecule has 1 amide bonds. The summed E-state index contributed by atoms with van der Waals surface area (Å²) in [6.07, 6.45) is 1.29. The van der Waals surface area contributed by atoms with Crippen molar-refractivity contribution in [2.75, 3.05) is 32.8 Å². The minimum absolute atomic E-state index is 0.0131. The van der Waals surface area contributed by atoms with E-state index in [0.717, 1.165) is 38.2 Å². The van der Waals surface area contributed by atoms with Crippen LogP contribution in [0.15, 0.2) is 48.5 Å². The molecule has 3 saturated heterocycles. The molecule has 3 fully saturated rings. The SMILES string of the molecule is O=C(C[C@H]1CC[C@@H]2[C@H](COC[C@@H](O)CN2Cc2cc(F)ccc2F)O1)N[C@H]1CCN(Cc2ccccc2)C1. The first kappa shape index (κ1) is 27.1. The number of hydrogen-bond donors (Lipinski definition) is 2. The number of benzene rings is 2. The van der Waals surface area contributed by atoms with Gasteiger partial charge in [0.05, 0.1) is 37.9 Å². The molecule has 0 aromatic heterocycles. The molecule has 2 aromatic rings. The summed E-state index contributed by atoms with van der Waals surface area (Å²) in [7, 11) is 0. The van der Waals surface area contributed by atoms with Crippen molar-refractivity contribution in [1.29, 1.82) is 0 Å². The van der Waals surface area contributed by atoms with Gasteiger partial charge in [0, 0.05) is 50.4 Å². The Labute approximate surface area is 222 Å². The molecule has 7 nitrogen and oxygen atoms in total. The van der Waals surface area contributed by atoms with E-state index in [4.69, 9.17) is 9.47 Å². The van der Waals surface area contributed by atoms with Crippen LogP contribution in [-0.4, -0.2) is 84.1 Å².